The fraction of sp³-hybridized carbons (Fsp3) is 0.364. The number of nitrogens with one attached hydrogen (secondary N) is 1. The second-order valence-corrected chi connectivity index (χ2v) is 4.22. The van der Waals surface area contributed by atoms with Crippen molar-refractivity contribution >= 4 is 23.1 Å². The van der Waals surface area contributed by atoms with Gasteiger partial charge in [-0.15, -0.1) is 0 Å². The number of amidine groups is 1. The molecule has 0 saturated heterocycles. The van der Waals surface area contributed by atoms with Gasteiger partial charge in [0.2, 0.25) is 0 Å². The van der Waals surface area contributed by atoms with E-state index in [1.807, 2.05) is 18.0 Å². The quantitative estimate of drug-likeness (QED) is 0.614. The number of hydrogen-bond acceptors (Lipinski definition) is 2. The summed E-state index contributed by atoms with van der Waals surface area (Å²) in [4.78, 5) is 2.04. The van der Waals surface area contributed by atoms with Gasteiger partial charge in [0, 0.05) is 29.4 Å². The third kappa shape index (κ3) is 2.63. The molecule has 0 bridgehead atoms. The molecular weight excluding hydrogens is 210 g/mol. The fourth-order valence-corrected chi connectivity index (χ4v) is 1.47. The normalized spacial score (nSPS) is 10.5. The summed E-state index contributed by atoms with van der Waals surface area (Å²) in [7, 11) is 1.96. The smallest absolute Gasteiger partial charge is 0.124 e. The van der Waals surface area contributed by atoms with Gasteiger partial charge < -0.3 is 10.6 Å². The lowest BCUT2D eigenvalue weighted by Crippen LogP contribution is -2.28. The van der Waals surface area contributed by atoms with Crippen LogP contribution in [-0.4, -0.2) is 18.9 Å². The van der Waals surface area contributed by atoms with Crippen LogP contribution in [0.15, 0.2) is 18.2 Å². The van der Waals surface area contributed by atoms with Crippen molar-refractivity contribution in [2.75, 3.05) is 11.9 Å². The highest BCUT2D eigenvalue weighted by molar-refractivity contribution is 6.31. The molecular formula is C11H16ClN3. The summed E-state index contributed by atoms with van der Waals surface area (Å²) in [5.74, 6) is 0.0640. The standard InChI is InChI=1S/C11H16ClN3/c1-7(2)15(3)10-6-8(12)4-5-9(10)11(13)14/h4-7H,1-3H3,(H3,13,14). The number of nitrogens with two attached hydrogens (primary N) is 1. The van der Waals surface area contributed by atoms with Crippen LogP contribution in [0.5, 0.6) is 0 Å². The molecule has 1 rings (SSSR count). The third-order valence-corrected chi connectivity index (χ3v) is 2.64. The van der Waals surface area contributed by atoms with Crippen LogP contribution < -0.4 is 10.6 Å². The molecule has 82 valence electrons. The third-order valence-electron chi connectivity index (χ3n) is 2.40. The lowest BCUT2D eigenvalue weighted by Gasteiger charge is -2.26. The van der Waals surface area contributed by atoms with E-state index >= 15 is 0 Å². The number of nitrogen functional groups attached to an aromatic ring is 1. The molecule has 0 aliphatic rings. The summed E-state index contributed by atoms with van der Waals surface area (Å²) in [6.45, 7) is 4.15. The average Bonchev–Trinajstić information content (AvgIpc) is 2.15. The summed E-state index contributed by atoms with van der Waals surface area (Å²) >= 11 is 5.93. The van der Waals surface area contributed by atoms with Gasteiger partial charge in [0.1, 0.15) is 5.84 Å². The number of rotatable bonds is 3. The monoisotopic (exact) mass is 225 g/mol. The zero-order valence-corrected chi connectivity index (χ0v) is 9.97. The van der Waals surface area contributed by atoms with Crippen molar-refractivity contribution in [2.24, 2.45) is 5.73 Å². The van der Waals surface area contributed by atoms with Crippen LogP contribution in [0.4, 0.5) is 5.69 Å². The zero-order chi connectivity index (χ0) is 11.6. The number of halogens is 1. The molecule has 1 aromatic rings. The van der Waals surface area contributed by atoms with Crippen LogP contribution in [0.1, 0.15) is 19.4 Å². The Kier molecular flexibility index (Phi) is 3.58. The fourth-order valence-electron chi connectivity index (χ4n) is 1.30. The number of hydrogen-bond donors (Lipinski definition) is 2. The van der Waals surface area contributed by atoms with E-state index in [1.54, 1.807) is 12.1 Å². The molecule has 3 nitrogen and oxygen atoms in total. The van der Waals surface area contributed by atoms with E-state index in [4.69, 9.17) is 22.7 Å². The first-order chi connectivity index (χ1) is 6.93. The van der Waals surface area contributed by atoms with E-state index < -0.39 is 0 Å². The summed E-state index contributed by atoms with van der Waals surface area (Å²) in [5.41, 5.74) is 7.13. The van der Waals surface area contributed by atoms with Crippen molar-refractivity contribution in [3.8, 4) is 0 Å². The Balaban J connectivity index is 3.24. The van der Waals surface area contributed by atoms with Gasteiger partial charge in [-0.2, -0.15) is 0 Å². The largest absolute Gasteiger partial charge is 0.384 e. The molecule has 15 heavy (non-hydrogen) atoms. The summed E-state index contributed by atoms with van der Waals surface area (Å²) in [6, 6.07) is 5.69. The maximum atomic E-state index is 7.49. The summed E-state index contributed by atoms with van der Waals surface area (Å²) < 4.78 is 0. The molecule has 3 N–H and O–H groups in total. The highest BCUT2D eigenvalue weighted by Crippen LogP contribution is 2.25. The number of nitrogens with zero attached hydrogens (tertiary/aromatic N) is 1. The Hall–Kier alpha value is -1.22. The molecule has 0 atom stereocenters. The predicted octanol–water partition coefficient (Wildman–Crippen LogP) is 2.47. The summed E-state index contributed by atoms with van der Waals surface area (Å²) in [5, 5.41) is 8.14. The Morgan fingerprint density at radius 2 is 2.07 bits per heavy atom. The van der Waals surface area contributed by atoms with E-state index in [-0.39, 0.29) is 5.84 Å². The van der Waals surface area contributed by atoms with Gasteiger partial charge >= 0.3 is 0 Å². The first-order valence-corrected chi connectivity index (χ1v) is 5.18. The van der Waals surface area contributed by atoms with Gasteiger partial charge in [-0.3, -0.25) is 5.41 Å². The Labute approximate surface area is 95.3 Å². The second-order valence-electron chi connectivity index (χ2n) is 3.78. The molecule has 1 aromatic carbocycles. The first-order valence-electron chi connectivity index (χ1n) is 4.80. The minimum absolute atomic E-state index is 0.0640. The van der Waals surface area contributed by atoms with E-state index in [0.29, 0.717) is 11.1 Å². The average molecular weight is 226 g/mol. The zero-order valence-electron chi connectivity index (χ0n) is 9.21. The van der Waals surface area contributed by atoms with Crippen molar-refractivity contribution in [3.63, 3.8) is 0 Å². The minimum atomic E-state index is 0.0640. The van der Waals surface area contributed by atoms with Crippen molar-refractivity contribution in [3.05, 3.63) is 28.8 Å². The van der Waals surface area contributed by atoms with E-state index in [0.717, 1.165) is 11.3 Å². The van der Waals surface area contributed by atoms with Crippen molar-refractivity contribution in [2.45, 2.75) is 19.9 Å². The Morgan fingerprint density at radius 1 is 1.47 bits per heavy atom. The van der Waals surface area contributed by atoms with Crippen LogP contribution in [0.2, 0.25) is 5.02 Å². The van der Waals surface area contributed by atoms with Crippen molar-refractivity contribution in [1.29, 1.82) is 5.41 Å². The molecule has 0 saturated carbocycles. The van der Waals surface area contributed by atoms with Crippen molar-refractivity contribution in [1.82, 2.24) is 0 Å². The minimum Gasteiger partial charge on any atom is -0.384 e. The lowest BCUT2D eigenvalue weighted by molar-refractivity contribution is 0.754. The maximum absolute atomic E-state index is 7.49. The van der Waals surface area contributed by atoms with E-state index in [1.165, 1.54) is 0 Å². The maximum Gasteiger partial charge on any atom is 0.124 e. The van der Waals surface area contributed by atoms with Gasteiger partial charge in [-0.05, 0) is 32.0 Å². The first kappa shape index (κ1) is 11.9. The summed E-state index contributed by atoms with van der Waals surface area (Å²) in [6.07, 6.45) is 0. The van der Waals surface area contributed by atoms with E-state index in [2.05, 4.69) is 13.8 Å². The molecule has 0 radical (unpaired) electrons. The van der Waals surface area contributed by atoms with Crippen LogP contribution in [0.25, 0.3) is 0 Å². The van der Waals surface area contributed by atoms with Crippen molar-refractivity contribution < 1.29 is 0 Å². The highest BCUT2D eigenvalue weighted by Gasteiger charge is 2.12. The topological polar surface area (TPSA) is 53.1 Å². The van der Waals surface area contributed by atoms with Gasteiger partial charge in [-0.1, -0.05) is 11.6 Å². The number of anilines is 1. The van der Waals surface area contributed by atoms with Gasteiger partial charge in [-0.25, -0.2) is 0 Å². The Morgan fingerprint density at radius 3 is 2.53 bits per heavy atom. The lowest BCUT2D eigenvalue weighted by atomic mass is 10.1. The molecule has 0 amide bonds. The molecule has 0 aromatic heterocycles. The molecule has 0 heterocycles. The number of benzene rings is 1. The predicted molar refractivity (Wildman–Crippen MR) is 66.0 cm³/mol. The van der Waals surface area contributed by atoms with Crippen LogP contribution in [-0.2, 0) is 0 Å². The van der Waals surface area contributed by atoms with Crippen LogP contribution in [0, 0.1) is 5.41 Å². The molecule has 0 aliphatic carbocycles. The molecule has 0 fully saturated rings. The SMILES string of the molecule is CC(C)N(C)c1cc(Cl)ccc1C(=N)N. The molecule has 4 heteroatoms. The second kappa shape index (κ2) is 4.53. The van der Waals surface area contributed by atoms with Crippen LogP contribution >= 0.6 is 11.6 Å². The Bertz CT molecular complexity index is 374. The highest BCUT2D eigenvalue weighted by atomic mass is 35.5. The molecule has 0 unspecified atom stereocenters. The molecule has 0 aliphatic heterocycles. The van der Waals surface area contributed by atoms with E-state index in [9.17, 15) is 0 Å². The van der Waals surface area contributed by atoms with Gasteiger partial charge in [0.25, 0.3) is 0 Å². The van der Waals surface area contributed by atoms with Crippen LogP contribution in [0.3, 0.4) is 0 Å². The van der Waals surface area contributed by atoms with Gasteiger partial charge in [0.15, 0.2) is 0 Å². The molecule has 0 spiro atoms. The van der Waals surface area contributed by atoms with Gasteiger partial charge in [0.05, 0.1) is 0 Å².